The maximum Gasteiger partial charge on any atom is 0.416 e. The van der Waals surface area contributed by atoms with Crippen LogP contribution in [0, 0.1) is 0 Å². The van der Waals surface area contributed by atoms with Gasteiger partial charge in [-0.05, 0) is 55.0 Å². The molecule has 1 fully saturated rings. The Morgan fingerprint density at radius 1 is 1.00 bits per heavy atom. The van der Waals surface area contributed by atoms with Crippen molar-refractivity contribution < 1.29 is 27.5 Å². The molecule has 7 heteroatoms. The zero-order valence-electron chi connectivity index (χ0n) is 18.2. The van der Waals surface area contributed by atoms with Gasteiger partial charge in [0.1, 0.15) is 6.54 Å². The highest BCUT2D eigenvalue weighted by Crippen LogP contribution is 2.34. The van der Waals surface area contributed by atoms with Crippen molar-refractivity contribution in [2.24, 2.45) is 0 Å². The molecule has 32 heavy (non-hydrogen) atoms. The standard InChI is InChI=1S/C25H28F3NO3/c1-2-32-24(31)17-29(21-14-12-19(13-15-21)18-8-4-3-5-9-18)23(30)16-20-10-6-7-11-22(20)25(26,27)28/h6-7,10-15,18H,2-5,8-9,16-17H2,1H3. The van der Waals surface area contributed by atoms with Crippen LogP contribution >= 0.6 is 0 Å². The van der Waals surface area contributed by atoms with E-state index in [4.69, 9.17) is 4.74 Å². The summed E-state index contributed by atoms with van der Waals surface area (Å²) >= 11 is 0. The number of rotatable bonds is 7. The number of ether oxygens (including phenoxy) is 1. The highest BCUT2D eigenvalue weighted by atomic mass is 19.4. The second-order valence-corrected chi connectivity index (χ2v) is 8.04. The largest absolute Gasteiger partial charge is 0.465 e. The van der Waals surface area contributed by atoms with Crippen LogP contribution < -0.4 is 4.90 Å². The third-order valence-electron chi connectivity index (χ3n) is 5.84. The molecule has 0 atom stereocenters. The molecular weight excluding hydrogens is 419 g/mol. The Balaban J connectivity index is 1.84. The minimum absolute atomic E-state index is 0.127. The van der Waals surface area contributed by atoms with Gasteiger partial charge in [-0.2, -0.15) is 13.2 Å². The van der Waals surface area contributed by atoms with Gasteiger partial charge < -0.3 is 9.64 Å². The molecule has 0 saturated heterocycles. The molecule has 0 aliphatic heterocycles. The molecule has 0 unspecified atom stereocenters. The average Bonchev–Trinajstić information content (AvgIpc) is 2.78. The maximum absolute atomic E-state index is 13.4. The Kier molecular flexibility index (Phi) is 7.94. The van der Waals surface area contributed by atoms with Crippen molar-refractivity contribution in [2.45, 2.75) is 57.5 Å². The molecule has 4 nitrogen and oxygen atoms in total. The fourth-order valence-electron chi connectivity index (χ4n) is 4.23. The van der Waals surface area contributed by atoms with Gasteiger partial charge in [0, 0.05) is 5.69 Å². The lowest BCUT2D eigenvalue weighted by molar-refractivity contribution is -0.142. The Bertz CT molecular complexity index is 919. The highest BCUT2D eigenvalue weighted by molar-refractivity contribution is 5.98. The second kappa shape index (κ2) is 10.7. The quantitative estimate of drug-likeness (QED) is 0.497. The summed E-state index contributed by atoms with van der Waals surface area (Å²) in [6, 6.07) is 12.4. The predicted octanol–water partition coefficient (Wildman–Crippen LogP) is 5.89. The third kappa shape index (κ3) is 6.11. The van der Waals surface area contributed by atoms with Gasteiger partial charge >= 0.3 is 12.1 Å². The maximum atomic E-state index is 13.4. The Labute approximate surface area is 186 Å². The third-order valence-corrected chi connectivity index (χ3v) is 5.84. The van der Waals surface area contributed by atoms with Crippen molar-refractivity contribution in [3.05, 3.63) is 65.2 Å². The molecule has 3 rings (SSSR count). The fraction of sp³-hybridized carbons (Fsp3) is 0.440. The molecule has 1 saturated carbocycles. The van der Waals surface area contributed by atoms with E-state index in [0.29, 0.717) is 11.6 Å². The van der Waals surface area contributed by atoms with Crippen LogP contribution in [-0.2, 0) is 26.9 Å². The lowest BCUT2D eigenvalue weighted by Crippen LogP contribution is -2.38. The van der Waals surface area contributed by atoms with Gasteiger partial charge in [0.05, 0.1) is 18.6 Å². The van der Waals surface area contributed by atoms with Crippen LogP contribution in [0.25, 0.3) is 0 Å². The summed E-state index contributed by atoms with van der Waals surface area (Å²) in [5.74, 6) is -0.729. The van der Waals surface area contributed by atoms with Crippen LogP contribution in [0.4, 0.5) is 18.9 Å². The zero-order valence-corrected chi connectivity index (χ0v) is 18.2. The van der Waals surface area contributed by atoms with Crippen LogP contribution in [0.15, 0.2) is 48.5 Å². The second-order valence-electron chi connectivity index (χ2n) is 8.04. The number of esters is 1. The SMILES string of the molecule is CCOC(=O)CN(C(=O)Cc1ccccc1C(F)(F)F)c1ccc(C2CCCCC2)cc1. The summed E-state index contributed by atoms with van der Waals surface area (Å²) in [4.78, 5) is 26.4. The number of anilines is 1. The first-order valence-corrected chi connectivity index (χ1v) is 11.0. The summed E-state index contributed by atoms with van der Waals surface area (Å²) in [5, 5.41) is 0. The van der Waals surface area contributed by atoms with E-state index in [9.17, 15) is 22.8 Å². The predicted molar refractivity (Wildman–Crippen MR) is 116 cm³/mol. The summed E-state index contributed by atoms with van der Waals surface area (Å²) in [6.45, 7) is 1.45. The number of hydrogen-bond acceptors (Lipinski definition) is 3. The number of carbonyl (C=O) groups excluding carboxylic acids is 2. The molecule has 1 aliphatic rings. The van der Waals surface area contributed by atoms with Gasteiger partial charge in [0.25, 0.3) is 0 Å². The first-order valence-electron chi connectivity index (χ1n) is 11.0. The van der Waals surface area contributed by atoms with Crippen molar-refractivity contribution in [2.75, 3.05) is 18.1 Å². The minimum Gasteiger partial charge on any atom is -0.465 e. The topological polar surface area (TPSA) is 46.6 Å². The summed E-state index contributed by atoms with van der Waals surface area (Å²) in [5.41, 5.74) is 0.668. The summed E-state index contributed by atoms with van der Waals surface area (Å²) in [7, 11) is 0. The van der Waals surface area contributed by atoms with Crippen LogP contribution in [0.2, 0.25) is 0 Å². The lowest BCUT2D eigenvalue weighted by atomic mass is 9.84. The van der Waals surface area contributed by atoms with Crippen molar-refractivity contribution >= 4 is 17.6 Å². The van der Waals surface area contributed by atoms with E-state index >= 15 is 0 Å². The number of alkyl halides is 3. The molecule has 1 aliphatic carbocycles. The number of benzene rings is 2. The molecule has 0 bridgehead atoms. The Morgan fingerprint density at radius 3 is 2.28 bits per heavy atom. The van der Waals surface area contributed by atoms with Crippen LogP contribution in [-0.4, -0.2) is 25.0 Å². The number of hydrogen-bond donors (Lipinski definition) is 0. The molecule has 0 radical (unpaired) electrons. The number of nitrogens with zero attached hydrogens (tertiary/aromatic N) is 1. The molecule has 2 aromatic rings. The van der Waals surface area contributed by atoms with E-state index < -0.39 is 30.0 Å². The molecule has 0 spiro atoms. The van der Waals surface area contributed by atoms with Gasteiger partial charge in [-0.1, -0.05) is 49.6 Å². The van der Waals surface area contributed by atoms with Gasteiger partial charge in [-0.3, -0.25) is 9.59 Å². The van der Waals surface area contributed by atoms with Gasteiger partial charge in [0.2, 0.25) is 5.91 Å². The van der Waals surface area contributed by atoms with E-state index in [2.05, 4.69) is 0 Å². The van der Waals surface area contributed by atoms with E-state index in [-0.39, 0.29) is 18.7 Å². The normalized spacial score (nSPS) is 14.8. The Hall–Kier alpha value is -2.83. The number of carbonyl (C=O) groups is 2. The monoisotopic (exact) mass is 447 g/mol. The molecule has 172 valence electrons. The number of amides is 1. The van der Waals surface area contributed by atoms with Crippen LogP contribution in [0.1, 0.15) is 61.6 Å². The van der Waals surface area contributed by atoms with Crippen molar-refractivity contribution in [1.82, 2.24) is 0 Å². The summed E-state index contributed by atoms with van der Waals surface area (Å²) in [6.07, 6.45) is 0.842. The van der Waals surface area contributed by atoms with Gasteiger partial charge in [-0.25, -0.2) is 0 Å². The Morgan fingerprint density at radius 2 is 1.66 bits per heavy atom. The molecule has 0 aromatic heterocycles. The van der Waals surface area contributed by atoms with Crippen molar-refractivity contribution in [1.29, 1.82) is 0 Å². The van der Waals surface area contributed by atoms with Crippen molar-refractivity contribution in [3.8, 4) is 0 Å². The smallest absolute Gasteiger partial charge is 0.416 e. The van der Waals surface area contributed by atoms with E-state index in [1.165, 1.54) is 47.9 Å². The van der Waals surface area contributed by atoms with E-state index in [0.717, 1.165) is 18.9 Å². The first-order chi connectivity index (χ1) is 15.3. The van der Waals surface area contributed by atoms with E-state index in [1.807, 2.05) is 12.1 Å². The molecule has 2 aromatic carbocycles. The molecule has 0 heterocycles. The molecule has 0 N–H and O–H groups in total. The first kappa shape index (κ1) is 23.8. The lowest BCUT2D eigenvalue weighted by Gasteiger charge is -2.25. The number of halogens is 3. The highest BCUT2D eigenvalue weighted by Gasteiger charge is 2.34. The summed E-state index contributed by atoms with van der Waals surface area (Å²) < 4.78 is 45.0. The zero-order chi connectivity index (χ0) is 23.1. The van der Waals surface area contributed by atoms with Gasteiger partial charge in [-0.15, -0.1) is 0 Å². The minimum atomic E-state index is -4.56. The average molecular weight is 447 g/mol. The van der Waals surface area contributed by atoms with E-state index in [1.54, 1.807) is 19.1 Å². The fourth-order valence-corrected chi connectivity index (χ4v) is 4.23. The van der Waals surface area contributed by atoms with Crippen LogP contribution in [0.5, 0.6) is 0 Å². The van der Waals surface area contributed by atoms with Gasteiger partial charge in [0.15, 0.2) is 0 Å². The molecular formula is C25H28F3NO3. The van der Waals surface area contributed by atoms with Crippen LogP contribution in [0.3, 0.4) is 0 Å². The van der Waals surface area contributed by atoms with Crippen molar-refractivity contribution in [3.63, 3.8) is 0 Å². The molecule has 1 amide bonds.